The van der Waals surface area contributed by atoms with Crippen LogP contribution in [0.15, 0.2) is 57.7 Å². The molecule has 0 aromatic heterocycles. The summed E-state index contributed by atoms with van der Waals surface area (Å²) in [4.78, 5) is 46.0. The molecule has 13 heteroatoms. The fourth-order valence-corrected chi connectivity index (χ4v) is 4.40. The number of phenols is 1. The number of rotatable bonds is 12. The van der Waals surface area contributed by atoms with E-state index < -0.39 is 14.5 Å². The summed E-state index contributed by atoms with van der Waals surface area (Å²) in [5.41, 5.74) is 2.15. The Morgan fingerprint density at radius 2 is 1.87 bits per heavy atom. The Morgan fingerprint density at radius 3 is 2.64 bits per heavy atom. The van der Waals surface area contributed by atoms with Gasteiger partial charge in [0.1, 0.15) is 29.4 Å². The molecule has 0 saturated heterocycles. The molecular weight excluding hydrogens is 532 g/mol. The van der Waals surface area contributed by atoms with Gasteiger partial charge in [0.15, 0.2) is 16.8 Å². The normalized spacial score (nSPS) is 11.7. The van der Waals surface area contributed by atoms with Crippen molar-refractivity contribution in [3.8, 4) is 23.0 Å². The minimum atomic E-state index is -4.82. The van der Waals surface area contributed by atoms with Crippen molar-refractivity contribution in [2.45, 2.75) is 38.9 Å². The lowest BCUT2D eigenvalue weighted by Crippen LogP contribution is -2.15. The van der Waals surface area contributed by atoms with Gasteiger partial charge in [0.05, 0.1) is 0 Å². The summed E-state index contributed by atoms with van der Waals surface area (Å²) >= 11 is 0. The molecule has 11 nitrogen and oxygen atoms in total. The maximum Gasteiger partial charge on any atom is 0.524 e. The number of carbonyl (C=O) groups excluding carboxylic acids is 1. The monoisotopic (exact) mass is 559 g/mol. The first-order chi connectivity index (χ1) is 18.6. The van der Waals surface area contributed by atoms with Crippen molar-refractivity contribution < 1.29 is 37.6 Å². The molecule has 0 unspecified atom stereocenters. The SMILES string of the molecule is O=C(CCCCCNCc1cc2nc3ccc(=O)cc-3oc2cc1O)Nc1ccc(OP(=O)(O)O)c(CF)c1. The van der Waals surface area contributed by atoms with E-state index in [1.807, 2.05) is 0 Å². The van der Waals surface area contributed by atoms with Crippen LogP contribution in [-0.2, 0) is 22.6 Å². The number of phosphoric acid groups is 1. The molecule has 0 bridgehead atoms. The predicted octanol–water partition coefficient (Wildman–Crippen LogP) is 4.23. The summed E-state index contributed by atoms with van der Waals surface area (Å²) in [6.45, 7) is 0.0387. The smallest absolute Gasteiger partial charge is 0.507 e. The first-order valence-electron chi connectivity index (χ1n) is 12.1. The Bertz CT molecular complexity index is 1550. The fourth-order valence-electron chi connectivity index (χ4n) is 3.97. The molecule has 0 atom stereocenters. The number of halogens is 1. The number of hydrogen-bond donors (Lipinski definition) is 5. The van der Waals surface area contributed by atoms with Crippen LogP contribution in [0.2, 0.25) is 0 Å². The van der Waals surface area contributed by atoms with Gasteiger partial charge in [0, 0.05) is 41.9 Å². The van der Waals surface area contributed by atoms with Crippen molar-refractivity contribution in [2.24, 2.45) is 0 Å². The van der Waals surface area contributed by atoms with Crippen LogP contribution in [0.4, 0.5) is 10.1 Å². The lowest BCUT2D eigenvalue weighted by Gasteiger charge is -2.12. The molecule has 1 aliphatic carbocycles. The predicted molar refractivity (Wildman–Crippen MR) is 141 cm³/mol. The average molecular weight is 559 g/mol. The Hall–Kier alpha value is -3.83. The largest absolute Gasteiger partial charge is 0.524 e. The summed E-state index contributed by atoms with van der Waals surface area (Å²) in [7, 11) is -4.82. The molecule has 0 saturated carbocycles. The zero-order valence-corrected chi connectivity index (χ0v) is 21.6. The highest BCUT2D eigenvalue weighted by Gasteiger charge is 2.19. The molecule has 5 N–H and O–H groups in total. The van der Waals surface area contributed by atoms with Gasteiger partial charge in [-0.15, -0.1) is 0 Å². The van der Waals surface area contributed by atoms with Crippen LogP contribution in [0, 0.1) is 0 Å². The van der Waals surface area contributed by atoms with Crippen LogP contribution < -0.4 is 20.6 Å². The van der Waals surface area contributed by atoms with Crippen molar-refractivity contribution >= 4 is 30.5 Å². The van der Waals surface area contributed by atoms with Crippen LogP contribution in [0.25, 0.3) is 22.6 Å². The number of aromatic hydroxyl groups is 1. The average Bonchev–Trinajstić information content (AvgIpc) is 2.87. The highest BCUT2D eigenvalue weighted by atomic mass is 31.2. The van der Waals surface area contributed by atoms with E-state index in [1.165, 1.54) is 36.4 Å². The number of anilines is 1. The number of fused-ring (bicyclic) bond motifs is 2. The molecule has 1 heterocycles. The van der Waals surface area contributed by atoms with E-state index in [4.69, 9.17) is 14.2 Å². The van der Waals surface area contributed by atoms with E-state index in [9.17, 15) is 23.7 Å². The molecule has 1 aliphatic heterocycles. The summed E-state index contributed by atoms with van der Waals surface area (Å²) in [6, 6.07) is 11.4. The molecule has 2 aliphatic rings. The van der Waals surface area contributed by atoms with Gasteiger partial charge in [-0.25, -0.2) is 13.9 Å². The number of carbonyl (C=O) groups is 1. The second-order valence-electron chi connectivity index (χ2n) is 8.87. The number of nitrogens with zero attached hydrogens (tertiary/aromatic N) is 1. The van der Waals surface area contributed by atoms with Crippen molar-refractivity contribution in [1.82, 2.24) is 10.3 Å². The summed E-state index contributed by atoms with van der Waals surface area (Å²) in [5.74, 6) is -0.155. The molecular formula is C26H27FN3O8P. The third-order valence-corrected chi connectivity index (χ3v) is 6.27. The fraction of sp³-hybridized carbons (Fsp3) is 0.269. The van der Waals surface area contributed by atoms with Crippen molar-refractivity contribution in [3.63, 3.8) is 0 Å². The van der Waals surface area contributed by atoms with Crippen LogP contribution in [0.3, 0.4) is 0 Å². The third-order valence-electron chi connectivity index (χ3n) is 5.83. The Kier molecular flexibility index (Phi) is 8.93. The Balaban J connectivity index is 1.20. The van der Waals surface area contributed by atoms with E-state index in [2.05, 4.69) is 20.1 Å². The van der Waals surface area contributed by atoms with Gasteiger partial charge in [-0.1, -0.05) is 6.42 Å². The van der Waals surface area contributed by atoms with Gasteiger partial charge in [-0.05, 0) is 55.8 Å². The summed E-state index contributed by atoms with van der Waals surface area (Å²) in [5, 5.41) is 16.2. The second kappa shape index (κ2) is 12.4. The van der Waals surface area contributed by atoms with E-state index in [0.717, 1.165) is 12.8 Å². The van der Waals surface area contributed by atoms with E-state index in [-0.39, 0.29) is 34.8 Å². The van der Waals surface area contributed by atoms with Crippen LogP contribution >= 0.6 is 7.82 Å². The molecule has 4 rings (SSSR count). The molecule has 0 spiro atoms. The first-order valence-corrected chi connectivity index (χ1v) is 13.7. The lowest BCUT2D eigenvalue weighted by atomic mass is 10.1. The molecule has 206 valence electrons. The minimum Gasteiger partial charge on any atom is -0.507 e. The molecule has 0 radical (unpaired) electrons. The van der Waals surface area contributed by atoms with Crippen LogP contribution in [-0.4, -0.2) is 32.3 Å². The van der Waals surface area contributed by atoms with Gasteiger partial charge in [-0.2, -0.15) is 0 Å². The minimum absolute atomic E-state index is 0.0482. The number of hydrogen-bond acceptors (Lipinski definition) is 8. The zero-order valence-electron chi connectivity index (χ0n) is 20.7. The topological polar surface area (TPSA) is 171 Å². The number of unbranched alkanes of at least 4 members (excludes halogenated alkanes) is 2. The highest BCUT2D eigenvalue weighted by Crippen LogP contribution is 2.40. The van der Waals surface area contributed by atoms with Gasteiger partial charge >= 0.3 is 7.82 Å². The molecule has 1 amide bonds. The number of amides is 1. The Labute approximate surface area is 222 Å². The van der Waals surface area contributed by atoms with Crippen molar-refractivity contribution in [1.29, 1.82) is 0 Å². The van der Waals surface area contributed by atoms with E-state index in [1.54, 1.807) is 12.1 Å². The standard InChI is InChI=1S/C26H27FN3O8P/c27-14-16-10-18(5-8-23(16)38-39(34,35)36)29-26(33)4-2-1-3-9-28-15-17-11-21-25(13-22(17)32)37-24-12-19(31)6-7-20(24)30-21/h5-8,10-13,28,32H,1-4,9,14-15H2,(H,29,33)(H2,34,35,36). The van der Waals surface area contributed by atoms with E-state index in [0.29, 0.717) is 53.3 Å². The van der Waals surface area contributed by atoms with Crippen molar-refractivity contribution in [3.05, 3.63) is 69.9 Å². The zero-order chi connectivity index (χ0) is 28.0. The van der Waals surface area contributed by atoms with Gasteiger partial charge in [0.2, 0.25) is 5.91 Å². The molecule has 2 aromatic carbocycles. The number of aromatic nitrogens is 1. The summed E-state index contributed by atoms with van der Waals surface area (Å²) < 4.78 is 34.3. The number of benzene rings is 3. The molecule has 2 aromatic rings. The number of phenolic OH excluding ortho intramolecular Hbond substituents is 1. The van der Waals surface area contributed by atoms with Gasteiger partial charge in [-0.3, -0.25) is 19.4 Å². The maximum absolute atomic E-state index is 13.2. The van der Waals surface area contributed by atoms with Crippen molar-refractivity contribution in [2.75, 3.05) is 11.9 Å². The maximum atomic E-state index is 13.2. The van der Waals surface area contributed by atoms with Gasteiger partial charge in [0.25, 0.3) is 0 Å². The van der Waals surface area contributed by atoms with Crippen LogP contribution in [0.1, 0.15) is 36.8 Å². The summed E-state index contributed by atoms with van der Waals surface area (Å²) in [6.07, 6.45) is 2.42. The van der Waals surface area contributed by atoms with E-state index >= 15 is 0 Å². The number of nitrogens with one attached hydrogen (secondary N) is 2. The molecule has 0 fully saturated rings. The van der Waals surface area contributed by atoms with Crippen LogP contribution in [0.5, 0.6) is 11.5 Å². The number of alkyl halides is 1. The Morgan fingerprint density at radius 1 is 1.05 bits per heavy atom. The first kappa shape index (κ1) is 28.2. The third kappa shape index (κ3) is 7.84. The quantitative estimate of drug-likeness (QED) is 0.0961. The van der Waals surface area contributed by atoms with Gasteiger partial charge < -0.3 is 24.7 Å². The second-order valence-corrected chi connectivity index (χ2v) is 10.0. The molecule has 39 heavy (non-hydrogen) atoms. The highest BCUT2D eigenvalue weighted by molar-refractivity contribution is 7.46. The lowest BCUT2D eigenvalue weighted by molar-refractivity contribution is -0.116. The number of phosphoric ester groups is 1.